The highest BCUT2D eigenvalue weighted by atomic mass is 16.5. The minimum absolute atomic E-state index is 0.254. The van der Waals surface area contributed by atoms with Crippen molar-refractivity contribution in [2.45, 2.75) is 62.9 Å². The smallest absolute Gasteiger partial charge is 0.119 e. The fourth-order valence-electron chi connectivity index (χ4n) is 10.1. The number of hydrogen-bond acceptors (Lipinski definition) is 8. The van der Waals surface area contributed by atoms with Crippen molar-refractivity contribution in [3.8, 4) is 45.3 Å². The van der Waals surface area contributed by atoms with Gasteiger partial charge in [0.25, 0.3) is 0 Å². The van der Waals surface area contributed by atoms with Crippen LogP contribution in [0.3, 0.4) is 0 Å². The van der Waals surface area contributed by atoms with Gasteiger partial charge in [-0.25, -0.2) is 0 Å². The fraction of sp³-hybridized carbons (Fsp3) is 0.226. The summed E-state index contributed by atoms with van der Waals surface area (Å²) in [5, 5.41) is 38.4. The molecule has 0 fully saturated rings. The van der Waals surface area contributed by atoms with E-state index in [9.17, 15) is 20.4 Å². The summed E-state index contributed by atoms with van der Waals surface area (Å²) >= 11 is 0. The van der Waals surface area contributed by atoms with Crippen LogP contribution in [-0.4, -0.2) is 71.3 Å². The summed E-state index contributed by atoms with van der Waals surface area (Å²) in [4.78, 5) is 0. The standard InChI is InChI=1S/2C31H30O4/c2*1-21(32)19-34-25-15-11-23(12-16-25)31(24-13-17-26(18-14-24)35-20-22(2)33)29-9-5-3-7-27(29)28-8-4-6-10-30(28)31/h2*3-18,21-22,32-33H,19-20H2,1-2H3. The monoisotopic (exact) mass is 932 g/mol. The van der Waals surface area contributed by atoms with Gasteiger partial charge in [-0.3, -0.25) is 0 Å². The van der Waals surface area contributed by atoms with Gasteiger partial charge >= 0.3 is 0 Å². The molecule has 0 spiro atoms. The summed E-state index contributed by atoms with van der Waals surface area (Å²) in [7, 11) is 0. The number of rotatable bonds is 16. The summed E-state index contributed by atoms with van der Waals surface area (Å²) in [6.07, 6.45) is -2.10. The average molecular weight is 933 g/mol. The molecule has 0 saturated heterocycles. The maximum absolute atomic E-state index is 9.59. The predicted octanol–water partition coefficient (Wildman–Crippen LogP) is 11.1. The van der Waals surface area contributed by atoms with Gasteiger partial charge in [0.15, 0.2) is 0 Å². The van der Waals surface area contributed by atoms with E-state index >= 15 is 0 Å². The van der Waals surface area contributed by atoms with Crippen molar-refractivity contribution in [2.24, 2.45) is 0 Å². The van der Waals surface area contributed by atoms with E-state index in [1.54, 1.807) is 27.7 Å². The van der Waals surface area contributed by atoms with E-state index in [0.29, 0.717) is 0 Å². The highest BCUT2D eigenvalue weighted by Crippen LogP contribution is 2.57. The molecule has 8 heteroatoms. The first-order valence-electron chi connectivity index (χ1n) is 24.0. The molecule has 0 radical (unpaired) electrons. The molecule has 10 rings (SSSR count). The molecular formula is C62H60O8. The highest BCUT2D eigenvalue weighted by Gasteiger charge is 2.47. The summed E-state index contributed by atoms with van der Waals surface area (Å²) in [6, 6.07) is 67.1. The van der Waals surface area contributed by atoms with Crippen LogP contribution in [0.15, 0.2) is 194 Å². The van der Waals surface area contributed by atoms with E-state index in [-0.39, 0.29) is 26.4 Å². The number of ether oxygens (including phenoxy) is 4. The zero-order chi connectivity index (χ0) is 48.8. The van der Waals surface area contributed by atoms with E-state index in [0.717, 1.165) is 45.3 Å². The Balaban J connectivity index is 0.000000174. The van der Waals surface area contributed by atoms with Gasteiger partial charge in [0.1, 0.15) is 49.4 Å². The normalized spacial score (nSPS) is 15.1. The Bertz CT molecular complexity index is 2580. The topological polar surface area (TPSA) is 118 Å². The van der Waals surface area contributed by atoms with Crippen LogP contribution in [0.1, 0.15) is 72.2 Å². The van der Waals surface area contributed by atoms with Crippen LogP contribution in [0.2, 0.25) is 0 Å². The van der Waals surface area contributed by atoms with Crippen LogP contribution in [0.5, 0.6) is 23.0 Å². The lowest BCUT2D eigenvalue weighted by Gasteiger charge is -2.34. The molecule has 4 unspecified atom stereocenters. The molecule has 0 saturated carbocycles. The molecule has 0 aliphatic heterocycles. The quantitative estimate of drug-likeness (QED) is 0.0757. The van der Waals surface area contributed by atoms with Crippen molar-refractivity contribution in [2.75, 3.05) is 26.4 Å². The van der Waals surface area contributed by atoms with Crippen LogP contribution in [0.25, 0.3) is 22.3 Å². The Morgan fingerprint density at radius 3 is 0.657 bits per heavy atom. The van der Waals surface area contributed by atoms with Crippen molar-refractivity contribution in [1.29, 1.82) is 0 Å². The number of hydrogen-bond donors (Lipinski definition) is 4. The van der Waals surface area contributed by atoms with Gasteiger partial charge in [-0.05, 0) is 143 Å². The van der Waals surface area contributed by atoms with E-state index in [2.05, 4.69) is 146 Å². The average Bonchev–Trinajstić information content (AvgIpc) is 3.86. The third-order valence-corrected chi connectivity index (χ3v) is 13.0. The molecule has 2 aliphatic rings. The summed E-state index contributed by atoms with van der Waals surface area (Å²) in [5.41, 5.74) is 13.4. The lowest BCUT2D eigenvalue weighted by molar-refractivity contribution is 0.122. The van der Waals surface area contributed by atoms with Gasteiger partial charge in [-0.15, -0.1) is 0 Å². The SMILES string of the molecule is CC(O)COc1ccc(C2(c3ccc(OCC(C)O)cc3)c3ccccc3-c3ccccc32)cc1.CC(O)COc1ccc(C2(c3ccc(OCC(C)O)cc3)c3ccccc3-c3ccccc32)cc1. The third kappa shape index (κ3) is 9.31. The van der Waals surface area contributed by atoms with Gasteiger partial charge < -0.3 is 39.4 Å². The van der Waals surface area contributed by atoms with E-state index in [4.69, 9.17) is 18.9 Å². The molecule has 4 N–H and O–H groups in total. The summed E-state index contributed by atoms with van der Waals surface area (Å²) in [6.45, 7) is 7.87. The van der Waals surface area contributed by atoms with E-state index in [1.165, 1.54) is 44.5 Å². The van der Waals surface area contributed by atoms with Gasteiger partial charge in [0.05, 0.1) is 35.2 Å². The van der Waals surface area contributed by atoms with Crippen molar-refractivity contribution < 1.29 is 39.4 Å². The number of aliphatic hydroxyl groups is 4. The molecule has 356 valence electrons. The van der Waals surface area contributed by atoms with Crippen molar-refractivity contribution in [3.05, 3.63) is 239 Å². The molecule has 8 aromatic carbocycles. The zero-order valence-corrected chi connectivity index (χ0v) is 40.0. The van der Waals surface area contributed by atoms with Crippen molar-refractivity contribution >= 4 is 0 Å². The van der Waals surface area contributed by atoms with Crippen LogP contribution >= 0.6 is 0 Å². The highest BCUT2D eigenvalue weighted by molar-refractivity contribution is 5.87. The molecule has 0 heterocycles. The van der Waals surface area contributed by atoms with Crippen LogP contribution in [0.4, 0.5) is 0 Å². The van der Waals surface area contributed by atoms with Gasteiger partial charge in [-0.2, -0.15) is 0 Å². The van der Waals surface area contributed by atoms with Gasteiger partial charge in [0, 0.05) is 0 Å². The summed E-state index contributed by atoms with van der Waals surface area (Å²) in [5.74, 6) is 2.91. The Labute approximate surface area is 411 Å². The maximum atomic E-state index is 9.59. The van der Waals surface area contributed by atoms with E-state index in [1.807, 2.05) is 48.5 Å². The molecule has 2 aliphatic carbocycles. The fourth-order valence-corrected chi connectivity index (χ4v) is 10.1. The van der Waals surface area contributed by atoms with E-state index < -0.39 is 35.2 Å². The second-order valence-electron chi connectivity index (χ2n) is 18.4. The number of aliphatic hydroxyl groups excluding tert-OH is 4. The van der Waals surface area contributed by atoms with Gasteiger partial charge in [0.2, 0.25) is 0 Å². The predicted molar refractivity (Wildman–Crippen MR) is 276 cm³/mol. The Kier molecular flexibility index (Phi) is 14.2. The first kappa shape index (κ1) is 47.8. The molecular weight excluding hydrogens is 873 g/mol. The van der Waals surface area contributed by atoms with Gasteiger partial charge in [-0.1, -0.05) is 146 Å². The number of fused-ring (bicyclic) bond motifs is 6. The minimum atomic E-state index is -0.524. The van der Waals surface area contributed by atoms with Crippen molar-refractivity contribution in [1.82, 2.24) is 0 Å². The molecule has 70 heavy (non-hydrogen) atoms. The lowest BCUT2D eigenvalue weighted by Crippen LogP contribution is -2.28. The first-order chi connectivity index (χ1) is 34.0. The minimum Gasteiger partial charge on any atom is -0.491 e. The molecule has 8 nitrogen and oxygen atoms in total. The number of benzene rings is 8. The molecule has 0 amide bonds. The molecule has 8 aromatic rings. The Hall–Kier alpha value is -7.20. The summed E-state index contributed by atoms with van der Waals surface area (Å²) < 4.78 is 23.0. The Morgan fingerprint density at radius 2 is 0.471 bits per heavy atom. The molecule has 4 atom stereocenters. The second kappa shape index (κ2) is 20.8. The zero-order valence-electron chi connectivity index (χ0n) is 40.0. The van der Waals surface area contributed by atoms with Crippen LogP contribution < -0.4 is 18.9 Å². The third-order valence-electron chi connectivity index (χ3n) is 13.0. The second-order valence-corrected chi connectivity index (χ2v) is 18.4. The Morgan fingerprint density at radius 1 is 0.286 bits per heavy atom. The van der Waals surface area contributed by atoms with Crippen LogP contribution in [0, 0.1) is 0 Å². The maximum Gasteiger partial charge on any atom is 0.119 e. The largest absolute Gasteiger partial charge is 0.491 e. The van der Waals surface area contributed by atoms with Crippen molar-refractivity contribution in [3.63, 3.8) is 0 Å². The first-order valence-corrected chi connectivity index (χ1v) is 24.0. The molecule has 0 bridgehead atoms. The van der Waals surface area contributed by atoms with Crippen LogP contribution in [-0.2, 0) is 10.8 Å². The molecule has 0 aromatic heterocycles. The lowest BCUT2D eigenvalue weighted by atomic mass is 9.68.